The summed E-state index contributed by atoms with van der Waals surface area (Å²) >= 11 is 0.750. The van der Waals surface area contributed by atoms with Gasteiger partial charge in [-0.05, 0) is 12.8 Å². The van der Waals surface area contributed by atoms with Crippen LogP contribution in [0.3, 0.4) is 0 Å². The van der Waals surface area contributed by atoms with Crippen LogP contribution in [0.25, 0.3) is 0 Å². The molecule has 0 radical (unpaired) electrons. The Bertz CT molecular complexity index is 77.3. The predicted molar refractivity (Wildman–Crippen MR) is 57.1 cm³/mol. The second kappa shape index (κ2) is 29.5. The monoisotopic (exact) mass is 272 g/mol. The van der Waals surface area contributed by atoms with E-state index in [-0.39, 0.29) is 13.2 Å². The van der Waals surface area contributed by atoms with Gasteiger partial charge in [0.25, 0.3) is 0 Å². The average molecular weight is 272 g/mol. The van der Waals surface area contributed by atoms with Gasteiger partial charge in [-0.1, -0.05) is 13.8 Å². The molecule has 2 N–H and O–H groups in total. The van der Waals surface area contributed by atoms with Crippen molar-refractivity contribution in [3.05, 3.63) is 0 Å². The zero-order chi connectivity index (χ0) is 13.1. The Hall–Kier alpha value is 0.354. The topological polar surface area (TPSA) is 76.0 Å². The second-order valence-electron chi connectivity index (χ2n) is 2.67. The molecule has 16 heavy (non-hydrogen) atoms. The number of rotatable bonds is 8. The molecule has 0 aromatic rings. The van der Waals surface area contributed by atoms with Crippen LogP contribution >= 0.6 is 0 Å². The molecule has 0 aromatic carbocycles. The summed E-state index contributed by atoms with van der Waals surface area (Å²) in [5, 5.41) is 16.3. The van der Waals surface area contributed by atoms with E-state index in [1.54, 1.807) is 0 Å². The van der Waals surface area contributed by atoms with Crippen molar-refractivity contribution in [3.8, 4) is 0 Å². The molecule has 0 spiro atoms. The summed E-state index contributed by atoms with van der Waals surface area (Å²) in [5.41, 5.74) is 0. The van der Waals surface area contributed by atoms with E-state index in [0.29, 0.717) is 13.2 Å². The molecular formula is C10H24O5Ti. The molecule has 0 heterocycles. The molecule has 0 aliphatic rings. The van der Waals surface area contributed by atoms with Gasteiger partial charge in [0.15, 0.2) is 0 Å². The Morgan fingerprint density at radius 1 is 0.812 bits per heavy atom. The fraction of sp³-hybridized carbons (Fsp3) is 1.00. The van der Waals surface area contributed by atoms with Gasteiger partial charge in [0.2, 0.25) is 0 Å². The Morgan fingerprint density at radius 2 is 1.12 bits per heavy atom. The molecule has 0 amide bonds. The van der Waals surface area contributed by atoms with Crippen LogP contribution in [0.1, 0.15) is 26.7 Å². The Morgan fingerprint density at radius 3 is 1.31 bits per heavy atom. The van der Waals surface area contributed by atoms with Gasteiger partial charge >= 0.3 is 23.7 Å². The van der Waals surface area contributed by atoms with Crippen molar-refractivity contribution in [2.24, 2.45) is 0 Å². The average Bonchev–Trinajstić information content (AvgIpc) is 2.34. The molecule has 0 aromatic heterocycles. The summed E-state index contributed by atoms with van der Waals surface area (Å²) in [5.74, 6) is 0. The summed E-state index contributed by atoms with van der Waals surface area (Å²) in [6.07, 6.45) is 2.06. The first-order valence-corrected chi connectivity index (χ1v) is 6.04. The third kappa shape index (κ3) is 36.7. The van der Waals surface area contributed by atoms with Crippen molar-refractivity contribution in [2.75, 3.05) is 39.6 Å². The van der Waals surface area contributed by atoms with Crippen molar-refractivity contribution in [3.63, 3.8) is 0 Å². The first-order chi connectivity index (χ1) is 7.83. The van der Waals surface area contributed by atoms with Crippen LogP contribution in [0, 0.1) is 0 Å². The third-order valence-electron chi connectivity index (χ3n) is 1.17. The van der Waals surface area contributed by atoms with Crippen LogP contribution < -0.4 is 0 Å². The van der Waals surface area contributed by atoms with Gasteiger partial charge in [-0.3, -0.25) is 0 Å². The molecule has 0 unspecified atom stereocenters. The van der Waals surface area contributed by atoms with Gasteiger partial charge in [-0.25, -0.2) is 0 Å². The fourth-order valence-electron chi connectivity index (χ4n) is 0.622. The number of hydrogen-bond donors (Lipinski definition) is 2. The van der Waals surface area contributed by atoms with E-state index in [0.717, 1.165) is 46.5 Å². The molecule has 5 nitrogen and oxygen atoms in total. The summed E-state index contributed by atoms with van der Waals surface area (Å²) in [4.78, 5) is 0. The Labute approximate surface area is 110 Å². The SMILES string of the molecule is CCCOCCO.CCCOCCO.[O]=[Ti]. The Balaban J connectivity index is -0.000000183. The van der Waals surface area contributed by atoms with Gasteiger partial charge in [0.05, 0.1) is 26.4 Å². The molecule has 0 saturated carbocycles. The van der Waals surface area contributed by atoms with Crippen molar-refractivity contribution in [2.45, 2.75) is 26.7 Å². The minimum atomic E-state index is 0.139. The molecule has 0 aliphatic heterocycles. The second-order valence-corrected chi connectivity index (χ2v) is 2.67. The van der Waals surface area contributed by atoms with E-state index in [1.165, 1.54) is 0 Å². The van der Waals surface area contributed by atoms with Gasteiger partial charge in [0.1, 0.15) is 0 Å². The van der Waals surface area contributed by atoms with Gasteiger partial charge in [-0.15, -0.1) is 0 Å². The molecule has 0 aliphatic carbocycles. The normalized spacial score (nSPS) is 8.44. The first-order valence-electron chi connectivity index (χ1n) is 5.41. The summed E-state index contributed by atoms with van der Waals surface area (Å²) in [7, 11) is 0. The summed E-state index contributed by atoms with van der Waals surface area (Å²) in [6, 6.07) is 0. The minimum absolute atomic E-state index is 0.139. The molecule has 0 saturated heterocycles. The van der Waals surface area contributed by atoms with E-state index in [2.05, 4.69) is 0 Å². The van der Waals surface area contributed by atoms with Crippen LogP contribution in [0.5, 0.6) is 0 Å². The van der Waals surface area contributed by atoms with E-state index >= 15 is 0 Å². The Kier molecular flexibility index (Phi) is 39.9. The molecule has 0 atom stereocenters. The molecular weight excluding hydrogens is 248 g/mol. The van der Waals surface area contributed by atoms with Crippen molar-refractivity contribution in [1.82, 2.24) is 0 Å². The standard InChI is InChI=1S/2C5H12O2.O.Ti/c2*1-2-4-7-5-3-6;;/h2*6H,2-5H2,1H3;;. The number of hydrogen-bond acceptors (Lipinski definition) is 5. The van der Waals surface area contributed by atoms with E-state index in [1.807, 2.05) is 13.8 Å². The van der Waals surface area contributed by atoms with Crippen LogP contribution in [0.2, 0.25) is 0 Å². The number of aliphatic hydroxyl groups excluding tert-OH is 2. The van der Waals surface area contributed by atoms with Crippen LogP contribution in [-0.2, 0) is 33.2 Å². The predicted octanol–water partition coefficient (Wildman–Crippen LogP) is 0.689. The zero-order valence-corrected chi connectivity index (χ0v) is 11.8. The van der Waals surface area contributed by atoms with E-state index in [9.17, 15) is 0 Å². The van der Waals surface area contributed by atoms with Crippen molar-refractivity contribution >= 4 is 0 Å². The molecule has 0 bridgehead atoms. The number of ether oxygens (including phenoxy) is 2. The van der Waals surface area contributed by atoms with E-state index in [4.69, 9.17) is 23.0 Å². The maximum atomic E-state index is 8.25. The van der Waals surface area contributed by atoms with Gasteiger partial charge in [-0.2, -0.15) is 0 Å². The first kappa shape index (κ1) is 21.6. The molecule has 6 heteroatoms. The van der Waals surface area contributed by atoms with E-state index < -0.39 is 0 Å². The number of aliphatic hydroxyl groups is 2. The van der Waals surface area contributed by atoms with Crippen molar-refractivity contribution in [1.29, 1.82) is 0 Å². The third-order valence-corrected chi connectivity index (χ3v) is 1.17. The molecule has 0 fully saturated rings. The molecule has 98 valence electrons. The van der Waals surface area contributed by atoms with Gasteiger partial charge in [0, 0.05) is 13.2 Å². The summed E-state index contributed by atoms with van der Waals surface area (Å²) < 4.78 is 18.0. The maximum absolute atomic E-state index is 8.25. The quantitative estimate of drug-likeness (QED) is 0.502. The van der Waals surface area contributed by atoms with Crippen LogP contribution in [0.4, 0.5) is 0 Å². The molecule has 0 rings (SSSR count). The van der Waals surface area contributed by atoms with Gasteiger partial charge < -0.3 is 19.7 Å². The van der Waals surface area contributed by atoms with Crippen LogP contribution in [-0.4, -0.2) is 49.9 Å². The summed E-state index contributed by atoms with van der Waals surface area (Å²) in [6.45, 7) is 6.84. The van der Waals surface area contributed by atoms with Crippen molar-refractivity contribution < 1.29 is 43.4 Å². The zero-order valence-electron chi connectivity index (χ0n) is 10.3. The fourth-order valence-corrected chi connectivity index (χ4v) is 0.622. The van der Waals surface area contributed by atoms with Crippen LogP contribution in [0.15, 0.2) is 0 Å².